The second-order valence-electron chi connectivity index (χ2n) is 6.23. The quantitative estimate of drug-likeness (QED) is 0.843. The van der Waals surface area contributed by atoms with Gasteiger partial charge in [0.15, 0.2) is 0 Å². The van der Waals surface area contributed by atoms with Gasteiger partial charge in [-0.15, -0.1) is 0 Å². The Labute approximate surface area is 104 Å². The van der Waals surface area contributed by atoms with Gasteiger partial charge in [0.1, 0.15) is 0 Å². The molecule has 0 radical (unpaired) electrons. The molecule has 0 bridgehead atoms. The number of benzene rings is 1. The Kier molecular flexibility index (Phi) is 3.28. The Morgan fingerprint density at radius 2 is 1.71 bits per heavy atom. The summed E-state index contributed by atoms with van der Waals surface area (Å²) in [4.78, 5) is 0. The lowest BCUT2D eigenvalue weighted by atomic mass is 9.86. The maximum atomic E-state index is 10.0. The van der Waals surface area contributed by atoms with Crippen molar-refractivity contribution in [1.82, 2.24) is 0 Å². The van der Waals surface area contributed by atoms with Gasteiger partial charge >= 0.3 is 0 Å². The number of aliphatic hydroxyl groups is 1. The van der Waals surface area contributed by atoms with Gasteiger partial charge in [-0.3, -0.25) is 0 Å². The number of hydrogen-bond donors (Lipinski definition) is 2. The van der Waals surface area contributed by atoms with Crippen molar-refractivity contribution in [2.24, 2.45) is 11.7 Å². The molecule has 2 heteroatoms. The second-order valence-corrected chi connectivity index (χ2v) is 6.23. The molecule has 0 spiro atoms. The summed E-state index contributed by atoms with van der Waals surface area (Å²) in [7, 11) is 0. The average molecular weight is 233 g/mol. The van der Waals surface area contributed by atoms with E-state index in [1.54, 1.807) is 0 Å². The van der Waals surface area contributed by atoms with E-state index in [0.29, 0.717) is 5.92 Å². The third kappa shape index (κ3) is 2.88. The fraction of sp³-hybridized carbons (Fsp3) is 0.600. The van der Waals surface area contributed by atoms with Crippen LogP contribution in [-0.2, 0) is 5.41 Å². The van der Waals surface area contributed by atoms with E-state index in [4.69, 9.17) is 5.73 Å². The Hall–Kier alpha value is -0.860. The highest BCUT2D eigenvalue weighted by atomic mass is 16.3. The van der Waals surface area contributed by atoms with Crippen LogP contribution in [0.2, 0.25) is 0 Å². The van der Waals surface area contributed by atoms with Crippen LogP contribution < -0.4 is 5.73 Å². The van der Waals surface area contributed by atoms with Gasteiger partial charge < -0.3 is 10.8 Å². The molecule has 17 heavy (non-hydrogen) atoms. The van der Waals surface area contributed by atoms with Gasteiger partial charge in [0.05, 0.1) is 12.1 Å². The molecule has 94 valence electrons. The standard InChI is InChI=1S/C15H23NO/c1-15(2,3)12-8-6-10(7-9-12)13(16)14(17)11-4-5-11/h6-9,11,13-14,17H,4-5,16H2,1-3H3/t13-,14+/m1/s1. The van der Waals surface area contributed by atoms with Crippen LogP contribution in [-0.4, -0.2) is 11.2 Å². The van der Waals surface area contributed by atoms with Gasteiger partial charge in [0, 0.05) is 0 Å². The molecule has 0 heterocycles. The molecule has 0 aromatic heterocycles. The van der Waals surface area contributed by atoms with Crippen LogP contribution in [0.1, 0.15) is 50.8 Å². The molecule has 1 fully saturated rings. The van der Waals surface area contributed by atoms with Crippen LogP contribution in [0.5, 0.6) is 0 Å². The Balaban J connectivity index is 2.11. The highest BCUT2D eigenvalue weighted by Crippen LogP contribution is 2.37. The molecule has 0 aliphatic heterocycles. The minimum Gasteiger partial charge on any atom is -0.391 e. The average Bonchev–Trinajstić information content (AvgIpc) is 3.10. The van der Waals surface area contributed by atoms with Crippen LogP contribution in [0.15, 0.2) is 24.3 Å². The molecule has 1 aromatic carbocycles. The summed E-state index contributed by atoms with van der Waals surface area (Å²) in [5.41, 5.74) is 8.59. The zero-order chi connectivity index (χ0) is 12.6. The maximum Gasteiger partial charge on any atom is 0.0760 e. The Bertz CT molecular complexity index is 373. The van der Waals surface area contributed by atoms with Crippen molar-refractivity contribution in [2.45, 2.75) is 51.2 Å². The summed E-state index contributed by atoms with van der Waals surface area (Å²) in [6.45, 7) is 6.59. The molecule has 2 nitrogen and oxygen atoms in total. The van der Waals surface area contributed by atoms with Gasteiger partial charge in [-0.2, -0.15) is 0 Å². The van der Waals surface area contributed by atoms with Gasteiger partial charge in [-0.1, -0.05) is 45.0 Å². The number of aliphatic hydroxyl groups excluding tert-OH is 1. The Morgan fingerprint density at radius 3 is 2.12 bits per heavy atom. The molecule has 0 saturated heterocycles. The van der Waals surface area contributed by atoms with Crippen molar-refractivity contribution in [2.75, 3.05) is 0 Å². The van der Waals surface area contributed by atoms with Crippen molar-refractivity contribution in [3.63, 3.8) is 0 Å². The molecular weight excluding hydrogens is 210 g/mol. The van der Waals surface area contributed by atoms with Crippen LogP contribution >= 0.6 is 0 Å². The number of rotatable bonds is 3. The van der Waals surface area contributed by atoms with Crippen LogP contribution in [0, 0.1) is 5.92 Å². The summed E-state index contributed by atoms with van der Waals surface area (Å²) in [6.07, 6.45) is 1.86. The SMILES string of the molecule is CC(C)(C)c1ccc([C@@H](N)[C@@H](O)C2CC2)cc1. The first kappa shape index (κ1) is 12.6. The molecule has 0 amide bonds. The van der Waals surface area contributed by atoms with Crippen LogP contribution in [0.25, 0.3) is 0 Å². The van der Waals surface area contributed by atoms with Gasteiger partial charge in [0.25, 0.3) is 0 Å². The topological polar surface area (TPSA) is 46.2 Å². The first-order chi connectivity index (χ1) is 7.89. The second kappa shape index (κ2) is 4.43. The molecule has 3 N–H and O–H groups in total. The lowest BCUT2D eigenvalue weighted by Gasteiger charge is -2.22. The summed E-state index contributed by atoms with van der Waals surface area (Å²) < 4.78 is 0. The minimum absolute atomic E-state index is 0.164. The highest BCUT2D eigenvalue weighted by molar-refractivity contribution is 5.29. The normalized spacial score (nSPS) is 20.1. The first-order valence-electron chi connectivity index (χ1n) is 6.43. The fourth-order valence-electron chi connectivity index (χ4n) is 2.13. The molecule has 2 atom stereocenters. The van der Waals surface area contributed by atoms with E-state index >= 15 is 0 Å². The molecule has 1 aliphatic rings. The molecule has 1 aliphatic carbocycles. The van der Waals surface area contributed by atoms with Gasteiger partial charge in [-0.05, 0) is 35.3 Å². The van der Waals surface area contributed by atoms with Crippen molar-refractivity contribution < 1.29 is 5.11 Å². The van der Waals surface area contributed by atoms with Crippen molar-refractivity contribution in [1.29, 1.82) is 0 Å². The summed E-state index contributed by atoms with van der Waals surface area (Å²) >= 11 is 0. The number of hydrogen-bond acceptors (Lipinski definition) is 2. The minimum atomic E-state index is -0.379. The van der Waals surface area contributed by atoms with Crippen LogP contribution in [0.4, 0.5) is 0 Å². The van der Waals surface area contributed by atoms with E-state index in [0.717, 1.165) is 18.4 Å². The predicted octanol–water partition coefficient (Wildman–Crippen LogP) is 2.75. The molecule has 1 aromatic rings. The van der Waals surface area contributed by atoms with Crippen molar-refractivity contribution in [3.8, 4) is 0 Å². The van der Waals surface area contributed by atoms with E-state index in [2.05, 4.69) is 45.0 Å². The number of nitrogens with two attached hydrogens (primary N) is 1. The molecule has 1 saturated carbocycles. The largest absolute Gasteiger partial charge is 0.391 e. The van der Waals surface area contributed by atoms with E-state index in [-0.39, 0.29) is 17.6 Å². The lowest BCUT2D eigenvalue weighted by molar-refractivity contribution is 0.122. The molecule has 0 unspecified atom stereocenters. The third-order valence-electron chi connectivity index (χ3n) is 3.63. The monoisotopic (exact) mass is 233 g/mol. The summed E-state index contributed by atoms with van der Waals surface area (Å²) in [5, 5.41) is 10.0. The third-order valence-corrected chi connectivity index (χ3v) is 3.63. The fourth-order valence-corrected chi connectivity index (χ4v) is 2.13. The van der Waals surface area contributed by atoms with E-state index in [9.17, 15) is 5.11 Å². The highest BCUT2D eigenvalue weighted by Gasteiger charge is 2.34. The van der Waals surface area contributed by atoms with Gasteiger partial charge in [-0.25, -0.2) is 0 Å². The van der Waals surface area contributed by atoms with Gasteiger partial charge in [0.2, 0.25) is 0 Å². The van der Waals surface area contributed by atoms with E-state index < -0.39 is 0 Å². The first-order valence-corrected chi connectivity index (χ1v) is 6.43. The Morgan fingerprint density at radius 1 is 1.18 bits per heavy atom. The summed E-state index contributed by atoms with van der Waals surface area (Å²) in [6, 6.07) is 8.11. The molecular formula is C15H23NO. The maximum absolute atomic E-state index is 10.0. The van der Waals surface area contributed by atoms with E-state index in [1.165, 1.54) is 5.56 Å². The zero-order valence-corrected chi connectivity index (χ0v) is 11.0. The van der Waals surface area contributed by atoms with Crippen molar-refractivity contribution >= 4 is 0 Å². The van der Waals surface area contributed by atoms with Crippen LogP contribution in [0.3, 0.4) is 0 Å². The smallest absolute Gasteiger partial charge is 0.0760 e. The zero-order valence-electron chi connectivity index (χ0n) is 11.0. The van der Waals surface area contributed by atoms with Crippen molar-refractivity contribution in [3.05, 3.63) is 35.4 Å². The lowest BCUT2D eigenvalue weighted by Crippen LogP contribution is -2.28. The van der Waals surface area contributed by atoms with E-state index in [1.807, 2.05) is 0 Å². The predicted molar refractivity (Wildman–Crippen MR) is 70.8 cm³/mol. The summed E-state index contributed by atoms with van der Waals surface area (Å²) in [5.74, 6) is 0.423. The molecule has 2 rings (SSSR count).